The summed E-state index contributed by atoms with van der Waals surface area (Å²) in [5.41, 5.74) is 5.05. The lowest BCUT2D eigenvalue weighted by molar-refractivity contribution is 0.0729. The number of pyridine rings is 2. The van der Waals surface area contributed by atoms with Crippen LogP contribution in [0.2, 0.25) is 0 Å². The van der Waals surface area contributed by atoms with E-state index in [0.29, 0.717) is 18.8 Å². The van der Waals surface area contributed by atoms with Crippen LogP contribution in [-0.4, -0.2) is 27.3 Å². The number of anilines is 1. The molecule has 0 atom stereocenters. The summed E-state index contributed by atoms with van der Waals surface area (Å²) in [5, 5.41) is 3.34. The van der Waals surface area contributed by atoms with E-state index in [1.54, 1.807) is 18.6 Å². The zero-order chi connectivity index (χ0) is 17.8. The zero-order valence-electron chi connectivity index (χ0n) is 14.4. The van der Waals surface area contributed by atoms with E-state index in [0.717, 1.165) is 24.2 Å². The van der Waals surface area contributed by atoms with E-state index in [1.807, 2.05) is 35.2 Å². The van der Waals surface area contributed by atoms with Crippen molar-refractivity contribution in [3.8, 4) is 0 Å². The van der Waals surface area contributed by atoms with Gasteiger partial charge in [-0.25, -0.2) is 0 Å². The maximum Gasteiger partial charge on any atom is 0.272 e. The van der Waals surface area contributed by atoms with Gasteiger partial charge in [0, 0.05) is 43.9 Å². The number of amides is 1. The minimum Gasteiger partial charge on any atom is -0.381 e. The van der Waals surface area contributed by atoms with E-state index in [-0.39, 0.29) is 5.91 Å². The molecule has 1 aliphatic rings. The van der Waals surface area contributed by atoms with Gasteiger partial charge in [0.05, 0.1) is 0 Å². The van der Waals surface area contributed by atoms with Gasteiger partial charge in [-0.1, -0.05) is 24.3 Å². The first kappa shape index (κ1) is 16.3. The maximum atomic E-state index is 12.9. The number of rotatable bonds is 4. The van der Waals surface area contributed by atoms with E-state index in [9.17, 15) is 4.79 Å². The third-order valence-electron chi connectivity index (χ3n) is 4.64. The summed E-state index contributed by atoms with van der Waals surface area (Å²) >= 11 is 0. The van der Waals surface area contributed by atoms with E-state index in [2.05, 4.69) is 33.5 Å². The summed E-state index contributed by atoms with van der Waals surface area (Å²) in [6.07, 6.45) is 6.11. The van der Waals surface area contributed by atoms with Gasteiger partial charge in [0.1, 0.15) is 5.69 Å². The molecule has 0 fully saturated rings. The Labute approximate surface area is 152 Å². The minimum atomic E-state index is -0.0212. The fourth-order valence-corrected chi connectivity index (χ4v) is 3.19. The highest BCUT2D eigenvalue weighted by Gasteiger charge is 2.22. The quantitative estimate of drug-likeness (QED) is 0.789. The molecule has 0 unspecified atom stereocenters. The first-order valence-electron chi connectivity index (χ1n) is 8.74. The molecule has 0 radical (unpaired) electrons. The molecule has 26 heavy (non-hydrogen) atoms. The molecular formula is C21H20N4O. The topological polar surface area (TPSA) is 58.1 Å². The average Bonchev–Trinajstić information content (AvgIpc) is 2.72. The van der Waals surface area contributed by atoms with Crippen LogP contribution < -0.4 is 5.32 Å². The van der Waals surface area contributed by atoms with Gasteiger partial charge in [-0.2, -0.15) is 0 Å². The van der Waals surface area contributed by atoms with E-state index in [1.165, 1.54) is 11.1 Å². The Morgan fingerprint density at radius 2 is 1.85 bits per heavy atom. The molecule has 130 valence electrons. The number of nitrogens with one attached hydrogen (secondary N) is 1. The number of carbonyl (C=O) groups excluding carboxylic acids is 1. The minimum absolute atomic E-state index is 0.0212. The zero-order valence-corrected chi connectivity index (χ0v) is 14.4. The number of hydrogen-bond acceptors (Lipinski definition) is 4. The number of fused-ring (bicyclic) bond motifs is 1. The molecule has 3 aromatic rings. The number of benzene rings is 1. The monoisotopic (exact) mass is 344 g/mol. The molecule has 0 saturated heterocycles. The van der Waals surface area contributed by atoms with Crippen molar-refractivity contribution in [3.05, 3.63) is 89.5 Å². The lowest BCUT2D eigenvalue weighted by Gasteiger charge is -2.28. The summed E-state index contributed by atoms with van der Waals surface area (Å²) in [4.78, 5) is 23.0. The van der Waals surface area contributed by atoms with Gasteiger partial charge in [-0.15, -0.1) is 0 Å². The predicted molar refractivity (Wildman–Crippen MR) is 101 cm³/mol. The Hall–Kier alpha value is -3.21. The average molecular weight is 344 g/mol. The van der Waals surface area contributed by atoms with Crippen molar-refractivity contribution in [1.82, 2.24) is 14.9 Å². The molecule has 3 heterocycles. The summed E-state index contributed by atoms with van der Waals surface area (Å²) < 4.78 is 0. The van der Waals surface area contributed by atoms with Crippen LogP contribution in [0.5, 0.6) is 0 Å². The third kappa shape index (κ3) is 3.57. The molecular weight excluding hydrogens is 324 g/mol. The highest BCUT2D eigenvalue weighted by Crippen LogP contribution is 2.20. The van der Waals surface area contributed by atoms with Crippen LogP contribution in [0, 0.1) is 0 Å². The lowest BCUT2D eigenvalue weighted by atomic mass is 10.00. The predicted octanol–water partition coefficient (Wildman–Crippen LogP) is 3.29. The Kier molecular flexibility index (Phi) is 4.60. The molecule has 5 nitrogen and oxygen atoms in total. The smallest absolute Gasteiger partial charge is 0.272 e. The summed E-state index contributed by atoms with van der Waals surface area (Å²) in [7, 11) is 0. The van der Waals surface area contributed by atoms with Crippen LogP contribution in [0.4, 0.5) is 5.69 Å². The molecule has 4 rings (SSSR count). The summed E-state index contributed by atoms with van der Waals surface area (Å²) in [6, 6.07) is 15.9. The fourth-order valence-electron chi connectivity index (χ4n) is 3.19. The van der Waals surface area contributed by atoms with Gasteiger partial charge in [0.2, 0.25) is 0 Å². The van der Waals surface area contributed by atoms with Crippen LogP contribution >= 0.6 is 0 Å². The lowest BCUT2D eigenvalue weighted by Crippen LogP contribution is -2.36. The molecule has 0 spiro atoms. The van der Waals surface area contributed by atoms with Crippen LogP contribution in [0.15, 0.2) is 67.1 Å². The highest BCUT2D eigenvalue weighted by atomic mass is 16.2. The standard InChI is InChI=1S/C21H20N4O/c26-21(25-12-8-17-3-1-2-4-18(17)15-25)20-13-19(7-11-23-20)24-14-16-5-9-22-10-6-16/h1-7,9-11,13H,8,12,14-15H2,(H,23,24). The summed E-state index contributed by atoms with van der Waals surface area (Å²) in [5.74, 6) is -0.0212. The number of aromatic nitrogens is 2. The Morgan fingerprint density at radius 1 is 1.04 bits per heavy atom. The van der Waals surface area contributed by atoms with Crippen LogP contribution in [0.25, 0.3) is 0 Å². The molecule has 0 saturated carbocycles. The van der Waals surface area contributed by atoms with Crippen molar-refractivity contribution in [2.24, 2.45) is 0 Å². The van der Waals surface area contributed by atoms with Crippen molar-refractivity contribution in [1.29, 1.82) is 0 Å². The molecule has 1 aliphatic heterocycles. The van der Waals surface area contributed by atoms with Crippen LogP contribution in [0.1, 0.15) is 27.2 Å². The maximum absolute atomic E-state index is 12.9. The summed E-state index contributed by atoms with van der Waals surface area (Å²) in [6.45, 7) is 2.05. The van der Waals surface area contributed by atoms with Crippen molar-refractivity contribution in [3.63, 3.8) is 0 Å². The molecule has 2 aromatic heterocycles. The van der Waals surface area contributed by atoms with Gasteiger partial charge in [0.15, 0.2) is 0 Å². The highest BCUT2D eigenvalue weighted by molar-refractivity contribution is 5.93. The van der Waals surface area contributed by atoms with Gasteiger partial charge in [-0.05, 0) is 47.4 Å². The van der Waals surface area contributed by atoms with Crippen molar-refractivity contribution in [2.45, 2.75) is 19.5 Å². The first-order valence-corrected chi connectivity index (χ1v) is 8.74. The molecule has 1 aromatic carbocycles. The second-order valence-electron chi connectivity index (χ2n) is 6.38. The first-order chi connectivity index (χ1) is 12.8. The number of nitrogens with zero attached hydrogens (tertiary/aromatic N) is 3. The molecule has 1 N–H and O–H groups in total. The molecule has 5 heteroatoms. The number of carbonyl (C=O) groups is 1. The Morgan fingerprint density at radius 3 is 2.69 bits per heavy atom. The van der Waals surface area contributed by atoms with Crippen LogP contribution in [-0.2, 0) is 19.5 Å². The second-order valence-corrected chi connectivity index (χ2v) is 6.38. The van der Waals surface area contributed by atoms with Crippen molar-refractivity contribution in [2.75, 3.05) is 11.9 Å². The van der Waals surface area contributed by atoms with E-state index >= 15 is 0 Å². The Bertz CT molecular complexity index is 911. The van der Waals surface area contributed by atoms with Crippen molar-refractivity contribution >= 4 is 11.6 Å². The van der Waals surface area contributed by atoms with Crippen LogP contribution in [0.3, 0.4) is 0 Å². The Balaban J connectivity index is 1.45. The van der Waals surface area contributed by atoms with Gasteiger partial charge < -0.3 is 10.2 Å². The SMILES string of the molecule is O=C(c1cc(NCc2ccncc2)ccn1)N1CCc2ccccc2C1. The fraction of sp³-hybridized carbons (Fsp3) is 0.190. The number of hydrogen-bond donors (Lipinski definition) is 1. The second kappa shape index (κ2) is 7.35. The van der Waals surface area contributed by atoms with Gasteiger partial charge in [0.25, 0.3) is 5.91 Å². The molecule has 1 amide bonds. The molecule has 0 bridgehead atoms. The largest absolute Gasteiger partial charge is 0.381 e. The third-order valence-corrected chi connectivity index (χ3v) is 4.64. The molecule has 0 aliphatic carbocycles. The van der Waals surface area contributed by atoms with Crippen molar-refractivity contribution < 1.29 is 4.79 Å². The van der Waals surface area contributed by atoms with E-state index in [4.69, 9.17) is 0 Å². The van der Waals surface area contributed by atoms with Gasteiger partial charge in [-0.3, -0.25) is 14.8 Å². The normalized spacial score (nSPS) is 13.2. The van der Waals surface area contributed by atoms with E-state index < -0.39 is 0 Å². The van der Waals surface area contributed by atoms with Gasteiger partial charge >= 0.3 is 0 Å².